The molecule has 2 aromatic heterocycles. The fourth-order valence-electron chi connectivity index (χ4n) is 4.36. The summed E-state index contributed by atoms with van der Waals surface area (Å²) in [6.45, 7) is 4.12. The number of anilines is 2. The van der Waals surface area contributed by atoms with Crippen LogP contribution in [0.5, 0.6) is 5.75 Å². The molecule has 8 nitrogen and oxygen atoms in total. The largest absolute Gasteiger partial charge is 0.494 e. The second-order valence-electron chi connectivity index (χ2n) is 8.03. The molecule has 0 fully saturated rings. The minimum Gasteiger partial charge on any atom is -0.494 e. The van der Waals surface area contributed by atoms with Gasteiger partial charge in [-0.3, -0.25) is 13.9 Å². The molecule has 2 aromatic carbocycles. The number of aryl methyl sites for hydroxylation is 2. The van der Waals surface area contributed by atoms with Crippen molar-refractivity contribution in [2.45, 2.75) is 26.4 Å². The lowest BCUT2D eigenvalue weighted by Gasteiger charge is -2.29. The van der Waals surface area contributed by atoms with Crippen LogP contribution in [0.4, 0.5) is 11.6 Å². The molecule has 0 aliphatic carbocycles. The maximum absolute atomic E-state index is 13.5. The highest BCUT2D eigenvalue weighted by molar-refractivity contribution is 6.30. The van der Waals surface area contributed by atoms with E-state index in [1.54, 1.807) is 25.2 Å². The van der Waals surface area contributed by atoms with Crippen LogP contribution >= 0.6 is 11.6 Å². The second-order valence-corrected chi connectivity index (χ2v) is 8.47. The lowest BCUT2D eigenvalue weighted by molar-refractivity contribution is 0.340. The molecule has 0 N–H and O–H groups in total. The molecule has 1 aliphatic heterocycles. The van der Waals surface area contributed by atoms with E-state index < -0.39 is 5.69 Å². The van der Waals surface area contributed by atoms with E-state index in [0.717, 1.165) is 30.0 Å². The fourth-order valence-corrected chi connectivity index (χ4v) is 4.57. The summed E-state index contributed by atoms with van der Waals surface area (Å²) in [5.41, 5.74) is 1.82. The molecule has 0 spiro atoms. The van der Waals surface area contributed by atoms with Gasteiger partial charge in [0.15, 0.2) is 11.2 Å². The van der Waals surface area contributed by atoms with Gasteiger partial charge in [-0.05, 0) is 55.3 Å². The lowest BCUT2D eigenvalue weighted by Crippen LogP contribution is -2.40. The quantitative estimate of drug-likeness (QED) is 0.450. The molecule has 4 aromatic rings. The number of halogens is 1. The Hall–Kier alpha value is -3.52. The Bertz CT molecular complexity index is 1450. The Balaban J connectivity index is 1.63. The highest BCUT2D eigenvalue weighted by Crippen LogP contribution is 2.31. The molecule has 0 saturated heterocycles. The maximum atomic E-state index is 13.5. The average Bonchev–Trinajstić information content (AvgIpc) is 3.21. The van der Waals surface area contributed by atoms with Crippen molar-refractivity contribution in [3.63, 3.8) is 0 Å². The van der Waals surface area contributed by atoms with Gasteiger partial charge in [0.1, 0.15) is 5.75 Å². The summed E-state index contributed by atoms with van der Waals surface area (Å²) in [4.78, 5) is 33.4. The molecule has 0 unspecified atom stereocenters. The maximum Gasteiger partial charge on any atom is 0.332 e. The molecule has 0 radical (unpaired) electrons. The Morgan fingerprint density at radius 3 is 2.61 bits per heavy atom. The summed E-state index contributed by atoms with van der Waals surface area (Å²) < 4.78 is 10.2. The van der Waals surface area contributed by atoms with E-state index in [4.69, 9.17) is 21.3 Å². The number of hydrogen-bond donors (Lipinski definition) is 0. The van der Waals surface area contributed by atoms with Crippen LogP contribution in [0.15, 0.2) is 58.1 Å². The standard InChI is InChI=1S/C24H24ClN5O3/c1-3-33-19-10-8-18(9-11-19)28-12-5-13-29-20-21(26-23(28)29)27(2)24(32)30(22(20)31)15-16-6-4-7-17(25)14-16/h4,6-11,14H,3,5,12-13,15H2,1-2H3. The van der Waals surface area contributed by atoms with E-state index >= 15 is 0 Å². The van der Waals surface area contributed by atoms with Crippen molar-refractivity contribution in [2.75, 3.05) is 18.1 Å². The smallest absolute Gasteiger partial charge is 0.332 e. The van der Waals surface area contributed by atoms with Crippen LogP contribution in [0.2, 0.25) is 5.02 Å². The molecule has 170 valence electrons. The topological polar surface area (TPSA) is 74.3 Å². The van der Waals surface area contributed by atoms with Gasteiger partial charge >= 0.3 is 5.69 Å². The summed E-state index contributed by atoms with van der Waals surface area (Å²) in [5.74, 6) is 1.46. The molecular formula is C24H24ClN5O3. The van der Waals surface area contributed by atoms with Crippen molar-refractivity contribution in [1.29, 1.82) is 0 Å². The Morgan fingerprint density at radius 1 is 1.09 bits per heavy atom. The van der Waals surface area contributed by atoms with Gasteiger partial charge in [-0.2, -0.15) is 4.98 Å². The van der Waals surface area contributed by atoms with E-state index in [1.807, 2.05) is 41.8 Å². The highest BCUT2D eigenvalue weighted by Gasteiger charge is 2.27. The van der Waals surface area contributed by atoms with E-state index in [-0.39, 0.29) is 12.1 Å². The van der Waals surface area contributed by atoms with Crippen LogP contribution in [0.1, 0.15) is 18.9 Å². The average molecular weight is 466 g/mol. The van der Waals surface area contributed by atoms with E-state index in [9.17, 15) is 9.59 Å². The first-order valence-electron chi connectivity index (χ1n) is 10.9. The van der Waals surface area contributed by atoms with Gasteiger partial charge in [-0.25, -0.2) is 4.79 Å². The van der Waals surface area contributed by atoms with Crippen LogP contribution < -0.4 is 20.9 Å². The summed E-state index contributed by atoms with van der Waals surface area (Å²) in [5, 5.41) is 0.561. The zero-order chi connectivity index (χ0) is 23.1. The molecule has 1 aliphatic rings. The zero-order valence-corrected chi connectivity index (χ0v) is 19.2. The third-order valence-electron chi connectivity index (χ3n) is 5.91. The van der Waals surface area contributed by atoms with Gasteiger partial charge < -0.3 is 14.2 Å². The summed E-state index contributed by atoms with van der Waals surface area (Å²) in [6, 6.07) is 15.0. The van der Waals surface area contributed by atoms with Crippen LogP contribution in [0, 0.1) is 0 Å². The minimum absolute atomic E-state index is 0.144. The molecule has 3 heterocycles. The van der Waals surface area contributed by atoms with E-state index in [0.29, 0.717) is 35.3 Å². The zero-order valence-electron chi connectivity index (χ0n) is 18.5. The van der Waals surface area contributed by atoms with Crippen molar-refractivity contribution in [3.8, 4) is 5.75 Å². The Morgan fingerprint density at radius 2 is 1.88 bits per heavy atom. The minimum atomic E-state index is -0.407. The van der Waals surface area contributed by atoms with Gasteiger partial charge in [-0.1, -0.05) is 23.7 Å². The SMILES string of the molecule is CCOc1ccc(N2CCCn3c2nc2c3c(=O)n(Cc3cccc(Cl)c3)c(=O)n2C)cc1. The van der Waals surface area contributed by atoms with Gasteiger partial charge in [0.05, 0.1) is 13.2 Å². The van der Waals surface area contributed by atoms with Crippen LogP contribution in [-0.4, -0.2) is 31.8 Å². The molecule has 9 heteroatoms. The predicted octanol–water partition coefficient (Wildman–Crippen LogP) is 3.54. The normalized spacial score (nSPS) is 13.4. The van der Waals surface area contributed by atoms with Crippen LogP contribution in [0.25, 0.3) is 11.2 Å². The number of rotatable bonds is 5. The number of nitrogens with zero attached hydrogens (tertiary/aromatic N) is 5. The van der Waals surface area contributed by atoms with Crippen LogP contribution in [-0.2, 0) is 20.1 Å². The molecule has 0 bridgehead atoms. The predicted molar refractivity (Wildman–Crippen MR) is 129 cm³/mol. The molecule has 5 rings (SSSR count). The number of benzene rings is 2. The van der Waals surface area contributed by atoms with Crippen molar-refractivity contribution in [3.05, 3.63) is 80.0 Å². The number of hydrogen-bond acceptors (Lipinski definition) is 5. The molecule has 0 amide bonds. The fraction of sp³-hybridized carbons (Fsp3) is 0.292. The number of fused-ring (bicyclic) bond motifs is 3. The van der Waals surface area contributed by atoms with E-state index in [1.165, 1.54) is 9.13 Å². The van der Waals surface area contributed by atoms with Crippen LogP contribution in [0.3, 0.4) is 0 Å². The van der Waals surface area contributed by atoms with Gasteiger partial charge in [0.2, 0.25) is 5.95 Å². The number of imidazole rings is 1. The van der Waals surface area contributed by atoms with Crippen molar-refractivity contribution >= 4 is 34.4 Å². The molecular weight excluding hydrogens is 442 g/mol. The highest BCUT2D eigenvalue weighted by atomic mass is 35.5. The number of ether oxygens (including phenoxy) is 1. The molecule has 0 atom stereocenters. The third-order valence-corrected chi connectivity index (χ3v) is 6.14. The first-order valence-corrected chi connectivity index (χ1v) is 11.3. The first kappa shape index (κ1) is 21.3. The summed E-state index contributed by atoms with van der Waals surface area (Å²) in [7, 11) is 1.65. The lowest BCUT2D eigenvalue weighted by atomic mass is 10.2. The van der Waals surface area contributed by atoms with Gasteiger partial charge in [0, 0.05) is 30.8 Å². The Kier molecular flexibility index (Phi) is 5.46. The van der Waals surface area contributed by atoms with Crippen molar-refractivity contribution < 1.29 is 4.74 Å². The molecule has 33 heavy (non-hydrogen) atoms. The third kappa shape index (κ3) is 3.70. The van der Waals surface area contributed by atoms with Gasteiger partial charge in [0.25, 0.3) is 5.56 Å². The van der Waals surface area contributed by atoms with E-state index in [2.05, 4.69) is 4.90 Å². The molecule has 0 saturated carbocycles. The van der Waals surface area contributed by atoms with Crippen molar-refractivity contribution in [1.82, 2.24) is 18.7 Å². The summed E-state index contributed by atoms with van der Waals surface area (Å²) in [6.07, 6.45) is 0.849. The second kappa shape index (κ2) is 8.44. The monoisotopic (exact) mass is 465 g/mol. The first-order chi connectivity index (χ1) is 16.0. The Labute approximate surface area is 195 Å². The van der Waals surface area contributed by atoms with Gasteiger partial charge in [-0.15, -0.1) is 0 Å². The number of aromatic nitrogens is 4. The van der Waals surface area contributed by atoms with Crippen molar-refractivity contribution in [2.24, 2.45) is 7.05 Å². The summed E-state index contributed by atoms with van der Waals surface area (Å²) >= 11 is 6.10.